The minimum absolute atomic E-state index is 0.149. The Kier molecular flexibility index (Phi) is 5.20. The zero-order valence-electron chi connectivity index (χ0n) is 13.9. The highest BCUT2D eigenvalue weighted by Gasteiger charge is 2.39. The molecule has 1 aliphatic carbocycles. The first kappa shape index (κ1) is 18.6. The lowest BCUT2D eigenvalue weighted by molar-refractivity contribution is -0.126. The van der Waals surface area contributed by atoms with Gasteiger partial charge in [0.2, 0.25) is 12.3 Å². The van der Waals surface area contributed by atoms with E-state index in [4.69, 9.17) is 4.42 Å². The minimum atomic E-state index is -2.41. The van der Waals surface area contributed by atoms with Gasteiger partial charge in [-0.3, -0.25) is 9.59 Å². The van der Waals surface area contributed by atoms with Crippen LogP contribution < -0.4 is 16.3 Å². The van der Waals surface area contributed by atoms with Crippen LogP contribution in [0.2, 0.25) is 0 Å². The molecule has 3 rings (SSSR count). The van der Waals surface area contributed by atoms with Crippen molar-refractivity contribution in [2.45, 2.75) is 19.3 Å². The number of carbonyl (C=O) groups excluding carboxylic acids is 2. The van der Waals surface area contributed by atoms with E-state index >= 15 is 0 Å². The molecule has 0 spiro atoms. The Bertz CT molecular complexity index is 922. The second kappa shape index (κ2) is 7.56. The van der Waals surface area contributed by atoms with E-state index in [0.717, 1.165) is 12.1 Å². The third kappa shape index (κ3) is 4.49. The van der Waals surface area contributed by atoms with Crippen molar-refractivity contribution < 1.29 is 27.9 Å². The molecular formula is C18H16F2N2O5. The summed E-state index contributed by atoms with van der Waals surface area (Å²) in [6.45, 7) is 0. The summed E-state index contributed by atoms with van der Waals surface area (Å²) in [5, 5.41) is 14.5. The van der Waals surface area contributed by atoms with E-state index in [2.05, 4.69) is 10.6 Å². The zero-order valence-corrected chi connectivity index (χ0v) is 13.9. The van der Waals surface area contributed by atoms with Gasteiger partial charge in [0, 0.05) is 29.3 Å². The van der Waals surface area contributed by atoms with Gasteiger partial charge in [0.25, 0.3) is 5.91 Å². The highest BCUT2D eigenvalue weighted by Crippen LogP contribution is 2.38. The van der Waals surface area contributed by atoms with Crippen LogP contribution in [-0.2, 0) is 4.79 Å². The number of halogens is 2. The smallest absolute Gasteiger partial charge is 0.340 e. The van der Waals surface area contributed by atoms with Crippen molar-refractivity contribution >= 4 is 23.2 Å². The van der Waals surface area contributed by atoms with E-state index in [9.17, 15) is 28.3 Å². The second-order valence-corrected chi connectivity index (χ2v) is 6.29. The number of rotatable bonds is 5. The first-order chi connectivity index (χ1) is 12.8. The first-order valence-corrected chi connectivity index (χ1v) is 8.16. The van der Waals surface area contributed by atoms with Gasteiger partial charge in [-0.15, -0.1) is 0 Å². The van der Waals surface area contributed by atoms with Crippen LogP contribution in [0.15, 0.2) is 45.6 Å². The Morgan fingerprint density at radius 1 is 1.11 bits per heavy atom. The van der Waals surface area contributed by atoms with Crippen LogP contribution >= 0.6 is 0 Å². The summed E-state index contributed by atoms with van der Waals surface area (Å²) in [4.78, 5) is 35.4. The predicted molar refractivity (Wildman–Crippen MR) is 91.9 cm³/mol. The maximum absolute atomic E-state index is 12.5. The Morgan fingerprint density at radius 3 is 2.41 bits per heavy atom. The summed E-state index contributed by atoms with van der Waals surface area (Å²) in [6.07, 6.45) is -2.11. The van der Waals surface area contributed by atoms with Crippen LogP contribution in [-0.4, -0.2) is 23.3 Å². The van der Waals surface area contributed by atoms with Crippen molar-refractivity contribution in [1.29, 1.82) is 0 Å². The van der Waals surface area contributed by atoms with Gasteiger partial charge in [-0.2, -0.15) is 0 Å². The third-order valence-corrected chi connectivity index (χ3v) is 4.27. The summed E-state index contributed by atoms with van der Waals surface area (Å²) >= 11 is 0. The lowest BCUT2D eigenvalue weighted by Crippen LogP contribution is -2.37. The van der Waals surface area contributed by atoms with Gasteiger partial charge < -0.3 is 20.2 Å². The molecule has 7 nitrogen and oxygen atoms in total. The predicted octanol–water partition coefficient (Wildman–Crippen LogP) is 2.83. The van der Waals surface area contributed by atoms with E-state index in [1.807, 2.05) is 0 Å². The van der Waals surface area contributed by atoms with E-state index in [-0.39, 0.29) is 24.5 Å². The average Bonchev–Trinajstić information content (AvgIpc) is 2.52. The molecular weight excluding hydrogens is 362 g/mol. The van der Waals surface area contributed by atoms with Gasteiger partial charge in [-0.05, 0) is 31.0 Å². The molecule has 0 bridgehead atoms. The molecule has 1 fully saturated rings. The highest BCUT2D eigenvalue weighted by molar-refractivity contribution is 6.03. The van der Waals surface area contributed by atoms with Gasteiger partial charge in [0.1, 0.15) is 5.75 Å². The number of aromatic hydroxyl groups is 1. The lowest BCUT2D eigenvalue weighted by Gasteiger charge is -2.33. The molecule has 2 aromatic rings. The summed E-state index contributed by atoms with van der Waals surface area (Å²) in [7, 11) is 0. The fourth-order valence-electron chi connectivity index (χ4n) is 2.77. The van der Waals surface area contributed by atoms with E-state index in [0.29, 0.717) is 11.4 Å². The maximum Gasteiger partial charge on any atom is 0.340 e. The topological polar surface area (TPSA) is 109 Å². The molecule has 9 heteroatoms. The normalized spacial score (nSPS) is 18.6. The molecule has 2 amide bonds. The monoisotopic (exact) mass is 378 g/mol. The van der Waals surface area contributed by atoms with Crippen LogP contribution in [0.5, 0.6) is 5.75 Å². The zero-order chi connectivity index (χ0) is 19.6. The molecule has 0 aliphatic heterocycles. The molecule has 1 aromatic carbocycles. The van der Waals surface area contributed by atoms with E-state index < -0.39 is 35.5 Å². The van der Waals surface area contributed by atoms with Crippen molar-refractivity contribution in [2.24, 2.45) is 11.8 Å². The summed E-state index contributed by atoms with van der Waals surface area (Å²) in [5.41, 5.74) is -0.178. The van der Waals surface area contributed by atoms with Crippen molar-refractivity contribution in [1.82, 2.24) is 0 Å². The number of hydrogen-bond acceptors (Lipinski definition) is 5. The number of carbonyl (C=O) groups is 2. The molecule has 0 saturated heterocycles. The van der Waals surface area contributed by atoms with Gasteiger partial charge in [-0.1, -0.05) is 6.07 Å². The molecule has 1 saturated carbocycles. The lowest BCUT2D eigenvalue weighted by atomic mass is 9.74. The molecule has 1 aliphatic rings. The molecule has 3 N–H and O–H groups in total. The van der Waals surface area contributed by atoms with Crippen molar-refractivity contribution in [3.05, 3.63) is 52.6 Å². The van der Waals surface area contributed by atoms with E-state index in [1.165, 1.54) is 6.07 Å². The molecule has 27 heavy (non-hydrogen) atoms. The largest absolute Gasteiger partial charge is 0.508 e. The molecule has 0 radical (unpaired) electrons. The Hall–Kier alpha value is -3.23. The van der Waals surface area contributed by atoms with Gasteiger partial charge in [-0.25, -0.2) is 13.6 Å². The van der Waals surface area contributed by atoms with Crippen molar-refractivity contribution in [3.63, 3.8) is 0 Å². The van der Waals surface area contributed by atoms with Crippen molar-refractivity contribution in [2.75, 3.05) is 10.6 Å². The molecule has 1 heterocycles. The molecule has 142 valence electrons. The SMILES string of the molecule is O=C(Nc1cccc(NC(=O)C2CC(C(F)F)C2)c1)c1cc(O)cc(=O)o1. The number of benzene rings is 1. The second-order valence-electron chi connectivity index (χ2n) is 6.29. The standard InChI is InChI=1S/C18H16F2N2O5/c19-16(20)9-4-10(5-9)17(25)21-11-2-1-3-12(6-11)22-18(26)14-7-13(23)8-15(24)27-14/h1-3,6-10,16,23H,4-5H2,(H,21,25)(H,22,26). The average molecular weight is 378 g/mol. The van der Waals surface area contributed by atoms with Crippen LogP contribution in [0.4, 0.5) is 20.2 Å². The number of hydrogen-bond donors (Lipinski definition) is 3. The van der Waals surface area contributed by atoms with Crippen molar-refractivity contribution in [3.8, 4) is 5.75 Å². The Balaban J connectivity index is 1.63. The molecule has 0 atom stereocenters. The highest BCUT2D eigenvalue weighted by atomic mass is 19.3. The Labute approximate surface area is 152 Å². The maximum atomic E-state index is 12.5. The quantitative estimate of drug-likeness (QED) is 0.741. The van der Waals surface area contributed by atoms with Crippen LogP contribution in [0.1, 0.15) is 23.4 Å². The Morgan fingerprint density at radius 2 is 1.78 bits per heavy atom. The number of alkyl halides is 2. The number of anilines is 2. The summed E-state index contributed by atoms with van der Waals surface area (Å²) < 4.78 is 29.7. The van der Waals surface area contributed by atoms with Gasteiger partial charge >= 0.3 is 5.63 Å². The fraction of sp³-hybridized carbons (Fsp3) is 0.278. The third-order valence-electron chi connectivity index (χ3n) is 4.27. The summed E-state index contributed by atoms with van der Waals surface area (Å²) in [5.74, 6) is -3.08. The van der Waals surface area contributed by atoms with Gasteiger partial charge in [0.15, 0.2) is 5.76 Å². The fourth-order valence-corrected chi connectivity index (χ4v) is 2.77. The van der Waals surface area contributed by atoms with Crippen LogP contribution in [0.25, 0.3) is 0 Å². The van der Waals surface area contributed by atoms with Gasteiger partial charge in [0.05, 0.1) is 6.07 Å². The molecule has 1 aromatic heterocycles. The molecule has 0 unspecified atom stereocenters. The van der Waals surface area contributed by atoms with Crippen LogP contribution in [0, 0.1) is 11.8 Å². The minimum Gasteiger partial charge on any atom is -0.508 e. The van der Waals surface area contributed by atoms with Crippen LogP contribution in [0.3, 0.4) is 0 Å². The number of nitrogens with one attached hydrogen (secondary N) is 2. The summed E-state index contributed by atoms with van der Waals surface area (Å²) in [6, 6.07) is 8.01. The first-order valence-electron chi connectivity index (χ1n) is 8.16. The number of amides is 2. The van der Waals surface area contributed by atoms with E-state index in [1.54, 1.807) is 18.2 Å².